The van der Waals surface area contributed by atoms with E-state index < -0.39 is 0 Å². The lowest BCUT2D eigenvalue weighted by molar-refractivity contribution is 1.24. The summed E-state index contributed by atoms with van der Waals surface area (Å²) in [6.07, 6.45) is 3.93. The third-order valence-electron chi connectivity index (χ3n) is 3.31. The number of hydrogen-bond acceptors (Lipinski definition) is 0. The topological polar surface area (TPSA) is 0 Å². The van der Waals surface area contributed by atoms with Gasteiger partial charge < -0.3 is 0 Å². The van der Waals surface area contributed by atoms with Gasteiger partial charge in [-0.2, -0.15) is 0 Å². The molecule has 1 heteroatoms. The number of hydrogen-bond donors (Lipinski definition) is 0. The van der Waals surface area contributed by atoms with Crippen molar-refractivity contribution >= 4 is 17.7 Å². The van der Waals surface area contributed by atoms with Crippen LogP contribution in [-0.4, -0.2) is 5.88 Å². The quantitative estimate of drug-likeness (QED) is 0.607. The Hall–Kier alpha value is -1.53. The van der Waals surface area contributed by atoms with E-state index >= 15 is 0 Å². The average Bonchev–Trinajstić information content (AvgIpc) is 2.45. The van der Waals surface area contributed by atoms with Gasteiger partial charge in [-0.15, -0.1) is 11.6 Å². The van der Waals surface area contributed by atoms with E-state index in [1.807, 2.05) is 42.5 Å². The molecule has 0 atom stereocenters. The van der Waals surface area contributed by atoms with E-state index in [0.717, 1.165) is 0 Å². The first-order valence-corrected chi connectivity index (χ1v) is 7.40. The van der Waals surface area contributed by atoms with Gasteiger partial charge in [0.05, 0.1) is 0 Å². The molecule has 0 saturated carbocycles. The molecule has 0 fully saturated rings. The molecule has 2 aromatic carbocycles. The van der Waals surface area contributed by atoms with Gasteiger partial charge in [-0.05, 0) is 55.5 Å². The smallest absolute Gasteiger partial charge is 0.0407 e. The van der Waals surface area contributed by atoms with Crippen molar-refractivity contribution < 1.29 is 0 Å². The number of alkyl halides is 1. The molecule has 0 radical (unpaired) electrons. The summed E-state index contributed by atoms with van der Waals surface area (Å²) in [5.41, 5.74) is 6.76. The first kappa shape index (κ1) is 16.5. The maximum absolute atomic E-state index is 5.46. The average molecular weight is 287 g/mol. The third kappa shape index (κ3) is 5.63. The maximum atomic E-state index is 5.46. The first-order valence-electron chi connectivity index (χ1n) is 6.86. The molecule has 0 saturated heterocycles. The lowest BCUT2D eigenvalue weighted by Gasteiger charge is -2.04. The van der Waals surface area contributed by atoms with Gasteiger partial charge in [0.25, 0.3) is 0 Å². The minimum Gasteiger partial charge on any atom is -0.122 e. The zero-order valence-electron chi connectivity index (χ0n) is 12.8. The van der Waals surface area contributed by atoms with Crippen LogP contribution in [0.2, 0.25) is 0 Å². The molecule has 0 N–H and O–H groups in total. The fourth-order valence-corrected chi connectivity index (χ4v) is 1.94. The summed E-state index contributed by atoms with van der Waals surface area (Å²) in [6.45, 7) is 8.62. The van der Waals surface area contributed by atoms with E-state index in [1.54, 1.807) is 0 Å². The molecule has 0 bridgehead atoms. The molecule has 0 aliphatic heterocycles. The fourth-order valence-electron chi connectivity index (χ4n) is 1.85. The Morgan fingerprint density at radius 1 is 0.800 bits per heavy atom. The first-order chi connectivity index (χ1) is 9.54. The lowest BCUT2D eigenvalue weighted by atomic mass is 10.0. The van der Waals surface area contributed by atoms with E-state index in [2.05, 4.69) is 39.8 Å². The van der Waals surface area contributed by atoms with Gasteiger partial charge in [0.2, 0.25) is 0 Å². The molecule has 0 spiro atoms. The predicted molar refractivity (Wildman–Crippen MR) is 91.6 cm³/mol. The second-order valence-electron chi connectivity index (χ2n) is 4.99. The van der Waals surface area contributed by atoms with Crippen LogP contribution in [-0.2, 0) is 0 Å². The molecule has 0 amide bonds. The van der Waals surface area contributed by atoms with Crippen LogP contribution < -0.4 is 0 Å². The van der Waals surface area contributed by atoms with E-state index in [0.29, 0.717) is 5.88 Å². The summed E-state index contributed by atoms with van der Waals surface area (Å²) in [7, 11) is 0. The van der Waals surface area contributed by atoms with Crippen molar-refractivity contribution in [2.24, 2.45) is 0 Å². The van der Waals surface area contributed by atoms with E-state index in [-0.39, 0.29) is 0 Å². The Morgan fingerprint density at radius 2 is 1.25 bits per heavy atom. The van der Waals surface area contributed by atoms with Gasteiger partial charge in [-0.3, -0.25) is 0 Å². The van der Waals surface area contributed by atoms with Crippen molar-refractivity contribution in [1.29, 1.82) is 0 Å². The van der Waals surface area contributed by atoms with Crippen LogP contribution in [0.3, 0.4) is 0 Å². The molecule has 0 aliphatic carbocycles. The van der Waals surface area contributed by atoms with Crippen molar-refractivity contribution in [1.82, 2.24) is 0 Å². The molecule has 0 aliphatic rings. The molecule has 0 aromatic heterocycles. The number of allylic oxidation sites excluding steroid dienone is 1. The summed E-state index contributed by atoms with van der Waals surface area (Å²) in [5.74, 6) is 0.578. The monoisotopic (exact) mass is 286 g/mol. The second-order valence-corrected chi connectivity index (χ2v) is 5.30. The zero-order valence-corrected chi connectivity index (χ0v) is 13.5. The van der Waals surface area contributed by atoms with Gasteiger partial charge in [-0.25, -0.2) is 0 Å². The normalized spacial score (nSPS) is 10.2. The predicted octanol–water partition coefficient (Wildman–Crippen LogP) is 5.86. The van der Waals surface area contributed by atoms with Crippen LogP contribution in [0.4, 0.5) is 0 Å². The van der Waals surface area contributed by atoms with Crippen molar-refractivity contribution in [3.8, 4) is 0 Å². The Balaban J connectivity index is 0.000000200. The van der Waals surface area contributed by atoms with Crippen molar-refractivity contribution in [2.75, 3.05) is 5.88 Å². The highest BCUT2D eigenvalue weighted by molar-refractivity contribution is 6.19. The zero-order chi connectivity index (χ0) is 15.0. The number of rotatable bonds is 2. The van der Waals surface area contributed by atoms with E-state index in [9.17, 15) is 0 Å². The second kappa shape index (κ2) is 8.60. The molecule has 0 nitrogen and oxygen atoms in total. The molecule has 2 rings (SSSR count). The third-order valence-corrected chi connectivity index (χ3v) is 3.49. The van der Waals surface area contributed by atoms with Crippen LogP contribution >= 0.6 is 11.6 Å². The highest BCUT2D eigenvalue weighted by atomic mass is 35.5. The lowest BCUT2D eigenvalue weighted by Crippen LogP contribution is -1.86. The fraction of sp³-hybridized carbons (Fsp3) is 0.263. The van der Waals surface area contributed by atoms with Crippen LogP contribution in [0.1, 0.15) is 27.8 Å². The van der Waals surface area contributed by atoms with Gasteiger partial charge in [-0.1, -0.05) is 54.6 Å². The highest BCUT2D eigenvalue weighted by Gasteiger charge is 1.95. The molecule has 0 heterocycles. The molecular weight excluding hydrogens is 264 g/mol. The Kier molecular flexibility index (Phi) is 7.11. The van der Waals surface area contributed by atoms with Crippen molar-refractivity contribution in [3.05, 3.63) is 76.4 Å². The summed E-state index contributed by atoms with van der Waals surface area (Å²) in [6, 6.07) is 14.6. The molecule has 0 unspecified atom stereocenters. The van der Waals surface area contributed by atoms with Gasteiger partial charge in [0.1, 0.15) is 0 Å². The van der Waals surface area contributed by atoms with Crippen LogP contribution in [0.25, 0.3) is 6.08 Å². The standard InChI is InChI=1S/C10H14.C9H9Cl/c1-7-5-9(3)10(4)6-8(7)2;10-8-4-7-9-5-2-1-3-6-9/h5-6H,1-4H3;1-7H,8H2/b;7-4+. The molecule has 20 heavy (non-hydrogen) atoms. The summed E-state index contributed by atoms with van der Waals surface area (Å²) in [4.78, 5) is 0. The van der Waals surface area contributed by atoms with Gasteiger partial charge in [0, 0.05) is 5.88 Å². The minimum absolute atomic E-state index is 0.578. The summed E-state index contributed by atoms with van der Waals surface area (Å²) < 4.78 is 0. The largest absolute Gasteiger partial charge is 0.122 e. The summed E-state index contributed by atoms with van der Waals surface area (Å²) in [5, 5.41) is 0. The number of halogens is 1. The Labute approximate surface area is 128 Å². The van der Waals surface area contributed by atoms with Gasteiger partial charge in [0.15, 0.2) is 0 Å². The van der Waals surface area contributed by atoms with Crippen LogP contribution in [0.5, 0.6) is 0 Å². The maximum Gasteiger partial charge on any atom is 0.0407 e. The van der Waals surface area contributed by atoms with E-state index in [4.69, 9.17) is 11.6 Å². The van der Waals surface area contributed by atoms with E-state index in [1.165, 1.54) is 27.8 Å². The SMILES string of the molecule is Cc1cc(C)c(C)cc1C.ClC/C=C/c1ccccc1. The van der Waals surface area contributed by atoms with Gasteiger partial charge >= 0.3 is 0 Å². The van der Waals surface area contributed by atoms with Crippen LogP contribution in [0.15, 0.2) is 48.5 Å². The molecule has 106 valence electrons. The van der Waals surface area contributed by atoms with Crippen molar-refractivity contribution in [2.45, 2.75) is 27.7 Å². The summed E-state index contributed by atoms with van der Waals surface area (Å²) >= 11 is 5.46. The Morgan fingerprint density at radius 3 is 1.65 bits per heavy atom. The minimum atomic E-state index is 0.578. The van der Waals surface area contributed by atoms with Crippen LogP contribution in [0, 0.1) is 27.7 Å². The Bertz CT molecular complexity index is 503. The number of benzene rings is 2. The highest BCUT2D eigenvalue weighted by Crippen LogP contribution is 2.13. The molecular formula is C19H23Cl. The number of aryl methyl sites for hydroxylation is 4. The van der Waals surface area contributed by atoms with Crippen molar-refractivity contribution in [3.63, 3.8) is 0 Å². The molecule has 2 aromatic rings.